The van der Waals surface area contributed by atoms with E-state index >= 15 is 0 Å². The van der Waals surface area contributed by atoms with Gasteiger partial charge in [-0.3, -0.25) is 9.00 Å². The molecule has 3 nitrogen and oxygen atoms in total. The maximum absolute atomic E-state index is 11.5. The van der Waals surface area contributed by atoms with Gasteiger partial charge in [0.15, 0.2) is 0 Å². The summed E-state index contributed by atoms with van der Waals surface area (Å²) in [5.41, 5.74) is 4.95. The molecule has 0 aliphatic heterocycles. The van der Waals surface area contributed by atoms with E-state index in [-0.39, 0.29) is 5.75 Å². The number of hydrogen-bond acceptors (Lipinski definition) is 2. The predicted octanol–water partition coefficient (Wildman–Crippen LogP) is 1.80. The maximum atomic E-state index is 11.5. The standard InChI is InChI=1S/C8H7Br2NO2S/c9-5-1-6(10)3-7(2-5)14(13)4-8(11)12/h1-3H,4H2,(H2,11,12). The highest BCUT2D eigenvalue weighted by Gasteiger charge is 2.08. The summed E-state index contributed by atoms with van der Waals surface area (Å²) in [4.78, 5) is 11.1. The van der Waals surface area contributed by atoms with E-state index in [4.69, 9.17) is 5.73 Å². The van der Waals surface area contributed by atoms with E-state index in [9.17, 15) is 9.00 Å². The van der Waals surface area contributed by atoms with Crippen molar-refractivity contribution in [2.24, 2.45) is 5.73 Å². The molecule has 14 heavy (non-hydrogen) atoms. The highest BCUT2D eigenvalue weighted by molar-refractivity contribution is 9.11. The van der Waals surface area contributed by atoms with Crippen LogP contribution in [0.5, 0.6) is 0 Å². The average molecular weight is 341 g/mol. The van der Waals surface area contributed by atoms with Crippen LogP contribution in [0.4, 0.5) is 0 Å². The third-order valence-corrected chi connectivity index (χ3v) is 3.60. The van der Waals surface area contributed by atoms with Crippen molar-refractivity contribution in [3.63, 3.8) is 0 Å². The number of halogens is 2. The van der Waals surface area contributed by atoms with Crippen LogP contribution in [0, 0.1) is 0 Å². The number of primary amides is 1. The topological polar surface area (TPSA) is 60.2 Å². The van der Waals surface area contributed by atoms with Crippen molar-refractivity contribution in [3.05, 3.63) is 27.1 Å². The van der Waals surface area contributed by atoms with Crippen molar-refractivity contribution in [2.75, 3.05) is 5.75 Å². The summed E-state index contributed by atoms with van der Waals surface area (Å²) in [6, 6.07) is 5.22. The van der Waals surface area contributed by atoms with Gasteiger partial charge in [-0.1, -0.05) is 31.9 Å². The Bertz CT molecular complexity index is 375. The fourth-order valence-electron chi connectivity index (χ4n) is 0.873. The van der Waals surface area contributed by atoms with Crippen molar-refractivity contribution < 1.29 is 9.00 Å². The first kappa shape index (κ1) is 11.9. The number of rotatable bonds is 3. The van der Waals surface area contributed by atoms with E-state index in [1.54, 1.807) is 12.1 Å². The van der Waals surface area contributed by atoms with Gasteiger partial charge in [0, 0.05) is 13.8 Å². The van der Waals surface area contributed by atoms with Crippen molar-refractivity contribution in [2.45, 2.75) is 4.90 Å². The Morgan fingerprint density at radius 3 is 2.21 bits per heavy atom. The molecule has 0 aliphatic carbocycles. The van der Waals surface area contributed by atoms with Crippen LogP contribution < -0.4 is 5.73 Å². The van der Waals surface area contributed by atoms with Crippen molar-refractivity contribution in [1.82, 2.24) is 0 Å². The van der Waals surface area contributed by atoms with E-state index in [1.165, 1.54) is 0 Å². The Balaban J connectivity index is 2.95. The first-order valence-electron chi connectivity index (χ1n) is 3.62. The fourth-order valence-corrected chi connectivity index (χ4v) is 3.41. The zero-order valence-corrected chi connectivity index (χ0v) is 11.0. The molecule has 0 radical (unpaired) electrons. The third kappa shape index (κ3) is 3.51. The Morgan fingerprint density at radius 2 is 1.79 bits per heavy atom. The number of carbonyl (C=O) groups excluding carboxylic acids is 1. The second-order valence-electron chi connectivity index (χ2n) is 2.56. The Hall–Kier alpha value is -0.200. The Morgan fingerprint density at radius 1 is 1.29 bits per heavy atom. The quantitative estimate of drug-likeness (QED) is 0.912. The van der Waals surface area contributed by atoms with E-state index in [0.29, 0.717) is 4.90 Å². The Kier molecular flexibility index (Phi) is 4.28. The first-order valence-corrected chi connectivity index (χ1v) is 6.52. The molecule has 0 saturated carbocycles. The number of carbonyl (C=O) groups is 1. The fraction of sp³-hybridized carbons (Fsp3) is 0.125. The van der Waals surface area contributed by atoms with E-state index in [2.05, 4.69) is 31.9 Å². The molecule has 6 heteroatoms. The van der Waals surface area contributed by atoms with Crippen LogP contribution in [0.15, 0.2) is 32.0 Å². The van der Waals surface area contributed by atoms with Gasteiger partial charge < -0.3 is 5.73 Å². The van der Waals surface area contributed by atoms with Gasteiger partial charge in [0.1, 0.15) is 5.75 Å². The predicted molar refractivity (Wildman–Crippen MR) is 62.3 cm³/mol. The lowest BCUT2D eigenvalue weighted by molar-refractivity contribution is -0.115. The molecule has 1 rings (SSSR count). The maximum Gasteiger partial charge on any atom is 0.230 e. The smallest absolute Gasteiger partial charge is 0.230 e. The van der Waals surface area contributed by atoms with Gasteiger partial charge in [-0.2, -0.15) is 0 Å². The largest absolute Gasteiger partial charge is 0.369 e. The zero-order chi connectivity index (χ0) is 10.7. The van der Waals surface area contributed by atoms with Gasteiger partial charge in [-0.25, -0.2) is 0 Å². The van der Waals surface area contributed by atoms with Gasteiger partial charge in [-0.15, -0.1) is 0 Å². The van der Waals surface area contributed by atoms with Gasteiger partial charge in [-0.05, 0) is 18.2 Å². The normalized spacial score (nSPS) is 12.4. The van der Waals surface area contributed by atoms with Crippen LogP contribution in [0.2, 0.25) is 0 Å². The molecule has 0 saturated heterocycles. The summed E-state index contributed by atoms with van der Waals surface area (Å²) in [6.07, 6.45) is 0. The number of amides is 1. The number of benzene rings is 1. The van der Waals surface area contributed by atoms with Crippen LogP contribution in [-0.4, -0.2) is 15.9 Å². The molecule has 76 valence electrons. The average Bonchev–Trinajstić information content (AvgIpc) is 2.00. The van der Waals surface area contributed by atoms with Crippen LogP contribution in [-0.2, 0) is 15.6 Å². The van der Waals surface area contributed by atoms with Crippen LogP contribution >= 0.6 is 31.9 Å². The summed E-state index contributed by atoms with van der Waals surface area (Å²) in [5, 5.41) is 0. The van der Waals surface area contributed by atoms with E-state index in [0.717, 1.165) is 8.95 Å². The van der Waals surface area contributed by atoms with Crippen molar-refractivity contribution in [3.8, 4) is 0 Å². The minimum Gasteiger partial charge on any atom is -0.369 e. The molecular weight excluding hydrogens is 334 g/mol. The SMILES string of the molecule is NC(=O)CS(=O)c1cc(Br)cc(Br)c1. The van der Waals surface area contributed by atoms with Crippen LogP contribution in [0.25, 0.3) is 0 Å². The second-order valence-corrected chi connectivity index (χ2v) is 5.84. The number of hydrogen-bond donors (Lipinski definition) is 1. The van der Waals surface area contributed by atoms with Crippen molar-refractivity contribution in [1.29, 1.82) is 0 Å². The lowest BCUT2D eigenvalue weighted by Gasteiger charge is -2.01. The molecule has 1 aromatic rings. The van der Waals surface area contributed by atoms with Crippen LogP contribution in [0.3, 0.4) is 0 Å². The lowest BCUT2D eigenvalue weighted by atomic mass is 10.4. The van der Waals surface area contributed by atoms with Gasteiger partial charge in [0.05, 0.1) is 10.8 Å². The van der Waals surface area contributed by atoms with Gasteiger partial charge in [0.25, 0.3) is 0 Å². The molecule has 1 aromatic carbocycles. The molecular formula is C8H7Br2NO2S. The molecule has 1 amide bonds. The lowest BCUT2D eigenvalue weighted by Crippen LogP contribution is -2.19. The Labute approximate surface area is 101 Å². The molecule has 0 heterocycles. The molecule has 0 aromatic heterocycles. The molecule has 2 N–H and O–H groups in total. The van der Waals surface area contributed by atoms with Gasteiger partial charge in [0.2, 0.25) is 5.91 Å². The van der Waals surface area contributed by atoms with Crippen LogP contribution in [0.1, 0.15) is 0 Å². The molecule has 0 spiro atoms. The minimum atomic E-state index is -1.37. The summed E-state index contributed by atoms with van der Waals surface area (Å²) >= 11 is 6.53. The summed E-state index contributed by atoms with van der Waals surface area (Å²) in [6.45, 7) is 0. The number of nitrogens with two attached hydrogens (primary N) is 1. The highest BCUT2D eigenvalue weighted by atomic mass is 79.9. The monoisotopic (exact) mass is 339 g/mol. The summed E-state index contributed by atoms with van der Waals surface area (Å²) < 4.78 is 13.1. The van der Waals surface area contributed by atoms with Crippen molar-refractivity contribution >= 4 is 48.6 Å². The molecule has 1 unspecified atom stereocenters. The van der Waals surface area contributed by atoms with Gasteiger partial charge >= 0.3 is 0 Å². The summed E-state index contributed by atoms with van der Waals surface area (Å²) in [5.74, 6) is -0.720. The molecule has 0 bridgehead atoms. The third-order valence-electron chi connectivity index (χ3n) is 1.37. The zero-order valence-electron chi connectivity index (χ0n) is 7.00. The first-order chi connectivity index (χ1) is 6.49. The van der Waals surface area contributed by atoms with E-state index < -0.39 is 16.7 Å². The highest BCUT2D eigenvalue weighted by Crippen LogP contribution is 2.22. The minimum absolute atomic E-state index is 0.150. The molecule has 0 fully saturated rings. The second kappa shape index (κ2) is 5.04. The molecule has 1 atom stereocenters. The van der Waals surface area contributed by atoms with E-state index in [1.807, 2.05) is 6.07 Å². The summed E-state index contributed by atoms with van der Waals surface area (Å²) in [7, 11) is -1.37. The molecule has 0 aliphatic rings.